The summed E-state index contributed by atoms with van der Waals surface area (Å²) in [5.74, 6) is 0.944. The number of nitrogens with zero attached hydrogens (tertiary/aromatic N) is 1. The predicted octanol–water partition coefficient (Wildman–Crippen LogP) is 4.32. The number of rotatable bonds is 4. The van der Waals surface area contributed by atoms with E-state index in [2.05, 4.69) is 19.2 Å². The molecule has 1 amide bonds. The Kier molecular flexibility index (Phi) is 6.06. The maximum atomic E-state index is 13.8. The molecular formula is C26H34N2O4. The molecule has 2 aliphatic heterocycles. The van der Waals surface area contributed by atoms with Crippen molar-refractivity contribution in [3.05, 3.63) is 46.3 Å². The third-order valence-electron chi connectivity index (χ3n) is 6.85. The van der Waals surface area contributed by atoms with E-state index in [1.165, 1.54) is 0 Å². The first-order valence-electron chi connectivity index (χ1n) is 11.5. The Balaban J connectivity index is 1.86. The Bertz CT molecular complexity index is 999. The number of hydrogen-bond donors (Lipinski definition) is 1. The van der Waals surface area contributed by atoms with Crippen LogP contribution in [0.15, 0.2) is 40.7 Å². The second-order valence-electron chi connectivity index (χ2n) is 9.90. The fraction of sp³-hybridized carbons (Fsp3) is 0.538. The molecule has 1 fully saturated rings. The van der Waals surface area contributed by atoms with Gasteiger partial charge in [0.25, 0.3) is 5.91 Å². The Morgan fingerprint density at radius 2 is 1.75 bits per heavy atom. The average Bonchev–Trinajstić information content (AvgIpc) is 2.77. The van der Waals surface area contributed by atoms with Crippen molar-refractivity contribution in [3.8, 4) is 11.5 Å². The lowest BCUT2D eigenvalue weighted by molar-refractivity contribution is -0.128. The van der Waals surface area contributed by atoms with Crippen molar-refractivity contribution in [2.75, 3.05) is 27.3 Å². The standard InChI is InChI=1S/C26H34N2O4/c1-16-22(25(30)28-11-7-6-8-12-28)23(17-9-10-20(31-4)21(13-17)32-5)24-18(27-16)14-26(2,3)15-19(24)29/h9-10,13,23,27H,6-8,11-12,14-15H2,1-5H3/t23-/m1/s1. The SMILES string of the molecule is COc1ccc([C@@H]2C(C(=O)N3CCCCC3)=C(C)NC3=C2C(=O)CC(C)(C)C3)cc1OC. The number of ketones is 1. The minimum absolute atomic E-state index is 0.0265. The van der Waals surface area contributed by atoms with Gasteiger partial charge in [0, 0.05) is 48.0 Å². The van der Waals surface area contributed by atoms with Crippen LogP contribution in [0.25, 0.3) is 0 Å². The number of hydrogen-bond acceptors (Lipinski definition) is 5. The molecule has 0 aromatic heterocycles. The Hall–Kier alpha value is -2.76. The van der Waals surface area contributed by atoms with Crippen LogP contribution < -0.4 is 14.8 Å². The lowest BCUT2D eigenvalue weighted by Gasteiger charge is -2.41. The van der Waals surface area contributed by atoms with Crippen molar-refractivity contribution in [3.63, 3.8) is 0 Å². The summed E-state index contributed by atoms with van der Waals surface area (Å²) in [5.41, 5.74) is 3.95. The van der Waals surface area contributed by atoms with E-state index < -0.39 is 5.92 Å². The largest absolute Gasteiger partial charge is 0.493 e. The first-order chi connectivity index (χ1) is 15.3. The van der Waals surface area contributed by atoms with E-state index in [1.807, 2.05) is 30.0 Å². The molecule has 0 spiro atoms. The van der Waals surface area contributed by atoms with E-state index in [4.69, 9.17) is 9.47 Å². The van der Waals surface area contributed by atoms with E-state index in [1.54, 1.807) is 14.2 Å². The fourth-order valence-corrected chi connectivity index (χ4v) is 5.35. The van der Waals surface area contributed by atoms with Crippen molar-refractivity contribution < 1.29 is 19.1 Å². The number of nitrogens with one attached hydrogen (secondary N) is 1. The molecule has 1 aromatic carbocycles. The van der Waals surface area contributed by atoms with Crippen LogP contribution in [0.3, 0.4) is 0 Å². The molecule has 0 bridgehead atoms. The van der Waals surface area contributed by atoms with Gasteiger partial charge in [-0.05, 0) is 55.7 Å². The van der Waals surface area contributed by atoms with Crippen molar-refractivity contribution in [1.29, 1.82) is 0 Å². The zero-order valence-corrected chi connectivity index (χ0v) is 19.8. The Morgan fingerprint density at radius 1 is 1.06 bits per heavy atom. The number of methoxy groups -OCH3 is 2. The highest BCUT2D eigenvalue weighted by atomic mass is 16.5. The minimum Gasteiger partial charge on any atom is -0.493 e. The number of dihydropyridines is 1. The third kappa shape index (κ3) is 4.03. The number of allylic oxidation sites excluding steroid dienone is 3. The molecule has 1 aromatic rings. The topological polar surface area (TPSA) is 67.9 Å². The van der Waals surface area contributed by atoms with Gasteiger partial charge < -0.3 is 19.7 Å². The summed E-state index contributed by atoms with van der Waals surface area (Å²) in [7, 11) is 3.20. The first kappa shape index (κ1) is 22.4. The minimum atomic E-state index is -0.413. The number of amides is 1. The monoisotopic (exact) mass is 438 g/mol. The lowest BCUT2D eigenvalue weighted by Crippen LogP contribution is -2.43. The molecule has 6 nitrogen and oxygen atoms in total. The molecule has 0 unspecified atom stereocenters. The molecule has 32 heavy (non-hydrogen) atoms. The second kappa shape index (κ2) is 8.64. The van der Waals surface area contributed by atoms with E-state index >= 15 is 0 Å². The molecule has 1 N–H and O–H groups in total. The number of ether oxygens (including phenoxy) is 2. The first-order valence-corrected chi connectivity index (χ1v) is 11.5. The Morgan fingerprint density at radius 3 is 2.41 bits per heavy atom. The quantitative estimate of drug-likeness (QED) is 0.758. The number of piperidine rings is 1. The Labute approximate surface area is 190 Å². The predicted molar refractivity (Wildman–Crippen MR) is 124 cm³/mol. The number of likely N-dealkylation sites (tertiary alicyclic amines) is 1. The summed E-state index contributed by atoms with van der Waals surface area (Å²) in [4.78, 5) is 29.2. The van der Waals surface area contributed by atoms with E-state index in [-0.39, 0.29) is 17.1 Å². The highest BCUT2D eigenvalue weighted by molar-refractivity contribution is 6.05. The van der Waals surface area contributed by atoms with Crippen LogP contribution in [0.5, 0.6) is 11.5 Å². The van der Waals surface area contributed by atoms with E-state index in [9.17, 15) is 9.59 Å². The second-order valence-corrected chi connectivity index (χ2v) is 9.90. The molecule has 172 valence electrons. The van der Waals surface area contributed by atoms with Gasteiger partial charge in [0.2, 0.25) is 0 Å². The zero-order chi connectivity index (χ0) is 23.0. The molecule has 2 heterocycles. The number of Topliss-reactive ketones (excluding diaryl/α,β-unsaturated/α-hetero) is 1. The molecule has 0 saturated carbocycles. The van der Waals surface area contributed by atoms with Crippen LogP contribution in [0, 0.1) is 5.41 Å². The van der Waals surface area contributed by atoms with Crippen molar-refractivity contribution >= 4 is 11.7 Å². The van der Waals surface area contributed by atoms with Gasteiger partial charge in [-0.15, -0.1) is 0 Å². The van der Waals surface area contributed by atoms with Gasteiger partial charge in [0.1, 0.15) is 0 Å². The molecule has 0 radical (unpaired) electrons. The van der Waals surface area contributed by atoms with Gasteiger partial charge in [-0.1, -0.05) is 19.9 Å². The summed E-state index contributed by atoms with van der Waals surface area (Å²) in [6.45, 7) is 7.73. The molecular weight excluding hydrogens is 404 g/mol. The summed E-state index contributed by atoms with van der Waals surface area (Å²) >= 11 is 0. The number of benzene rings is 1. The van der Waals surface area contributed by atoms with Crippen molar-refractivity contribution in [1.82, 2.24) is 10.2 Å². The van der Waals surface area contributed by atoms with E-state index in [0.717, 1.165) is 61.3 Å². The van der Waals surface area contributed by atoms with Gasteiger partial charge in [0.15, 0.2) is 17.3 Å². The summed E-state index contributed by atoms with van der Waals surface area (Å²) in [6.07, 6.45) is 4.45. The van der Waals surface area contributed by atoms with Crippen LogP contribution in [0.1, 0.15) is 64.4 Å². The van der Waals surface area contributed by atoms with Crippen LogP contribution >= 0.6 is 0 Å². The van der Waals surface area contributed by atoms with Crippen LogP contribution in [-0.2, 0) is 9.59 Å². The van der Waals surface area contributed by atoms with Gasteiger partial charge in [-0.3, -0.25) is 9.59 Å². The maximum Gasteiger partial charge on any atom is 0.252 e. The van der Waals surface area contributed by atoms with Crippen molar-refractivity contribution in [2.24, 2.45) is 5.41 Å². The number of carbonyl (C=O) groups is 2. The smallest absolute Gasteiger partial charge is 0.252 e. The van der Waals surface area contributed by atoms with Crippen LogP contribution in [0.2, 0.25) is 0 Å². The highest BCUT2D eigenvalue weighted by Crippen LogP contribution is 2.48. The molecule has 1 aliphatic carbocycles. The number of carbonyl (C=O) groups excluding carboxylic acids is 2. The van der Waals surface area contributed by atoms with Gasteiger partial charge in [-0.2, -0.15) is 0 Å². The van der Waals surface area contributed by atoms with Crippen LogP contribution in [0.4, 0.5) is 0 Å². The van der Waals surface area contributed by atoms with Gasteiger partial charge in [0.05, 0.1) is 14.2 Å². The normalized spacial score (nSPS) is 23.0. The molecule has 6 heteroatoms. The van der Waals surface area contributed by atoms with E-state index in [0.29, 0.717) is 23.5 Å². The maximum absolute atomic E-state index is 13.8. The lowest BCUT2D eigenvalue weighted by atomic mass is 9.68. The van der Waals surface area contributed by atoms with Crippen molar-refractivity contribution in [2.45, 2.75) is 58.8 Å². The highest BCUT2D eigenvalue weighted by Gasteiger charge is 2.43. The molecule has 3 aliphatic rings. The molecule has 4 rings (SSSR count). The summed E-state index contributed by atoms with van der Waals surface area (Å²) < 4.78 is 11.0. The van der Waals surface area contributed by atoms with Crippen LogP contribution in [-0.4, -0.2) is 43.9 Å². The third-order valence-corrected chi connectivity index (χ3v) is 6.85. The zero-order valence-electron chi connectivity index (χ0n) is 19.8. The van der Waals surface area contributed by atoms with Gasteiger partial charge in [-0.25, -0.2) is 0 Å². The fourth-order valence-electron chi connectivity index (χ4n) is 5.35. The van der Waals surface area contributed by atoms with Gasteiger partial charge >= 0.3 is 0 Å². The average molecular weight is 439 g/mol. The summed E-state index contributed by atoms with van der Waals surface area (Å²) in [6, 6.07) is 5.71. The molecule has 1 atom stereocenters. The molecule has 1 saturated heterocycles. The summed E-state index contributed by atoms with van der Waals surface area (Å²) in [5, 5.41) is 3.46.